The number of benzene rings is 1. The summed E-state index contributed by atoms with van der Waals surface area (Å²) in [6.45, 7) is 4.82. The molecule has 1 saturated carbocycles. The molecule has 0 atom stereocenters. The Bertz CT molecular complexity index is 626. The minimum Gasteiger partial charge on any atom is -0.345 e. The molecule has 1 amide bonds. The predicted molar refractivity (Wildman–Crippen MR) is 80.1 cm³/mol. The molecule has 2 N–H and O–H groups in total. The molecule has 110 valence electrons. The number of aromatic nitrogens is 3. The summed E-state index contributed by atoms with van der Waals surface area (Å²) < 4.78 is 0. The van der Waals surface area contributed by atoms with Crippen LogP contribution >= 0.6 is 0 Å². The van der Waals surface area contributed by atoms with Crippen LogP contribution in [0, 0.1) is 0 Å². The van der Waals surface area contributed by atoms with Gasteiger partial charge in [0.2, 0.25) is 5.82 Å². The molecule has 1 aliphatic rings. The predicted octanol–water partition coefficient (Wildman–Crippen LogP) is 2.74. The monoisotopic (exact) mass is 284 g/mol. The highest BCUT2D eigenvalue weighted by Crippen LogP contribution is 2.37. The first-order chi connectivity index (χ1) is 10.1. The minimum absolute atomic E-state index is 0.230. The van der Waals surface area contributed by atoms with E-state index in [0.29, 0.717) is 18.4 Å². The standard InChI is InChI=1S/C16H20N4O/c1-10(2)12-5-3-11(4-6-12)9-17-16(21)15-18-14(19-20-15)13-7-8-13/h3-6,10,13H,7-9H2,1-2H3,(H,17,21)(H,18,19,20). The Balaban J connectivity index is 1.57. The van der Waals surface area contributed by atoms with Crippen molar-refractivity contribution in [1.29, 1.82) is 0 Å². The van der Waals surface area contributed by atoms with Crippen LogP contribution in [0.5, 0.6) is 0 Å². The third kappa shape index (κ3) is 3.29. The molecule has 0 aliphatic heterocycles. The van der Waals surface area contributed by atoms with Crippen LogP contribution in [0.25, 0.3) is 0 Å². The average molecular weight is 284 g/mol. The molecule has 2 aromatic rings. The van der Waals surface area contributed by atoms with E-state index in [9.17, 15) is 4.79 Å². The third-order valence-corrected chi connectivity index (χ3v) is 3.77. The molecule has 1 aliphatic carbocycles. The quantitative estimate of drug-likeness (QED) is 0.887. The zero-order valence-corrected chi connectivity index (χ0v) is 12.4. The van der Waals surface area contributed by atoms with Crippen LogP contribution in [0.2, 0.25) is 0 Å². The largest absolute Gasteiger partial charge is 0.345 e. The number of nitrogens with zero attached hydrogens (tertiary/aromatic N) is 2. The smallest absolute Gasteiger partial charge is 0.291 e. The normalized spacial score (nSPS) is 14.4. The summed E-state index contributed by atoms with van der Waals surface area (Å²) in [5.41, 5.74) is 2.37. The van der Waals surface area contributed by atoms with Crippen LogP contribution in [-0.4, -0.2) is 21.1 Å². The van der Waals surface area contributed by atoms with Crippen molar-refractivity contribution < 1.29 is 4.79 Å². The lowest BCUT2D eigenvalue weighted by Gasteiger charge is -2.07. The maximum atomic E-state index is 12.0. The summed E-state index contributed by atoms with van der Waals surface area (Å²) in [5, 5.41) is 9.68. The molecule has 0 radical (unpaired) electrons. The second-order valence-corrected chi connectivity index (χ2v) is 5.90. The lowest BCUT2D eigenvalue weighted by molar-refractivity contribution is 0.0941. The van der Waals surface area contributed by atoms with Crippen LogP contribution < -0.4 is 5.32 Å². The van der Waals surface area contributed by atoms with Gasteiger partial charge >= 0.3 is 0 Å². The fourth-order valence-corrected chi connectivity index (χ4v) is 2.20. The van der Waals surface area contributed by atoms with Gasteiger partial charge in [0.15, 0.2) is 0 Å². The fraction of sp³-hybridized carbons (Fsp3) is 0.438. The van der Waals surface area contributed by atoms with E-state index in [1.807, 2.05) is 12.1 Å². The van der Waals surface area contributed by atoms with Gasteiger partial charge in [-0.25, -0.2) is 4.98 Å². The molecule has 1 fully saturated rings. The highest BCUT2D eigenvalue weighted by molar-refractivity contribution is 5.90. The number of rotatable bonds is 5. The maximum Gasteiger partial charge on any atom is 0.291 e. The Hall–Kier alpha value is -2.17. The van der Waals surface area contributed by atoms with Crippen molar-refractivity contribution >= 4 is 5.91 Å². The van der Waals surface area contributed by atoms with E-state index in [0.717, 1.165) is 24.2 Å². The van der Waals surface area contributed by atoms with Crippen LogP contribution in [0.4, 0.5) is 0 Å². The van der Waals surface area contributed by atoms with E-state index < -0.39 is 0 Å². The summed E-state index contributed by atoms with van der Waals surface area (Å²) in [4.78, 5) is 16.2. The van der Waals surface area contributed by atoms with Crippen LogP contribution in [0.1, 0.15) is 66.1 Å². The zero-order chi connectivity index (χ0) is 14.8. The van der Waals surface area contributed by atoms with E-state index >= 15 is 0 Å². The number of amides is 1. The number of H-pyrrole nitrogens is 1. The molecule has 1 heterocycles. The van der Waals surface area contributed by atoms with Crippen molar-refractivity contribution in [3.8, 4) is 0 Å². The first-order valence-electron chi connectivity index (χ1n) is 7.43. The molecule has 5 heteroatoms. The minimum atomic E-state index is -0.230. The zero-order valence-electron chi connectivity index (χ0n) is 12.4. The summed E-state index contributed by atoms with van der Waals surface area (Å²) in [7, 11) is 0. The van der Waals surface area contributed by atoms with Gasteiger partial charge in [-0.05, 0) is 29.9 Å². The number of carbonyl (C=O) groups is 1. The topological polar surface area (TPSA) is 70.7 Å². The Labute approximate surface area is 124 Å². The summed E-state index contributed by atoms with van der Waals surface area (Å²) in [5.74, 6) is 1.83. The summed E-state index contributed by atoms with van der Waals surface area (Å²) in [6.07, 6.45) is 2.27. The van der Waals surface area contributed by atoms with Crippen molar-refractivity contribution in [3.05, 3.63) is 47.0 Å². The highest BCUT2D eigenvalue weighted by Gasteiger charge is 2.28. The van der Waals surface area contributed by atoms with Gasteiger partial charge in [0, 0.05) is 12.5 Å². The van der Waals surface area contributed by atoms with Gasteiger partial charge < -0.3 is 5.32 Å². The third-order valence-electron chi connectivity index (χ3n) is 3.77. The van der Waals surface area contributed by atoms with Crippen molar-refractivity contribution in [2.45, 2.75) is 45.1 Å². The van der Waals surface area contributed by atoms with Gasteiger partial charge in [-0.3, -0.25) is 9.89 Å². The Kier molecular flexibility index (Phi) is 3.73. The number of nitrogens with one attached hydrogen (secondary N) is 2. The average Bonchev–Trinajstić information content (AvgIpc) is 3.22. The lowest BCUT2D eigenvalue weighted by atomic mass is 10.0. The second kappa shape index (κ2) is 5.68. The van der Waals surface area contributed by atoms with Gasteiger partial charge in [-0.15, -0.1) is 5.10 Å². The van der Waals surface area contributed by atoms with Crippen molar-refractivity contribution in [1.82, 2.24) is 20.5 Å². The Morgan fingerprint density at radius 1 is 1.33 bits per heavy atom. The molecule has 0 spiro atoms. The van der Waals surface area contributed by atoms with Gasteiger partial charge in [-0.2, -0.15) is 0 Å². The van der Waals surface area contributed by atoms with Gasteiger partial charge in [-0.1, -0.05) is 38.1 Å². The van der Waals surface area contributed by atoms with Crippen molar-refractivity contribution in [2.24, 2.45) is 0 Å². The molecule has 0 bridgehead atoms. The van der Waals surface area contributed by atoms with E-state index in [4.69, 9.17) is 0 Å². The van der Waals surface area contributed by atoms with E-state index in [1.54, 1.807) is 0 Å². The van der Waals surface area contributed by atoms with Gasteiger partial charge in [0.05, 0.1) is 0 Å². The lowest BCUT2D eigenvalue weighted by Crippen LogP contribution is -2.24. The molecule has 3 rings (SSSR count). The van der Waals surface area contributed by atoms with E-state index in [1.165, 1.54) is 5.56 Å². The molecule has 1 aromatic heterocycles. The van der Waals surface area contributed by atoms with Crippen LogP contribution in [0.15, 0.2) is 24.3 Å². The van der Waals surface area contributed by atoms with Gasteiger partial charge in [0.25, 0.3) is 5.91 Å². The Morgan fingerprint density at radius 2 is 2.05 bits per heavy atom. The van der Waals surface area contributed by atoms with E-state index in [-0.39, 0.29) is 11.7 Å². The molecule has 5 nitrogen and oxygen atoms in total. The van der Waals surface area contributed by atoms with Crippen molar-refractivity contribution in [3.63, 3.8) is 0 Å². The maximum absolute atomic E-state index is 12.0. The van der Waals surface area contributed by atoms with Crippen LogP contribution in [0.3, 0.4) is 0 Å². The molecule has 21 heavy (non-hydrogen) atoms. The number of hydrogen-bond donors (Lipinski definition) is 2. The Morgan fingerprint density at radius 3 is 2.67 bits per heavy atom. The number of hydrogen-bond acceptors (Lipinski definition) is 3. The molecule has 0 unspecified atom stereocenters. The number of carbonyl (C=O) groups excluding carboxylic acids is 1. The summed E-state index contributed by atoms with van der Waals surface area (Å²) >= 11 is 0. The van der Waals surface area contributed by atoms with Crippen molar-refractivity contribution in [2.75, 3.05) is 0 Å². The second-order valence-electron chi connectivity index (χ2n) is 5.90. The number of aromatic amines is 1. The first-order valence-corrected chi connectivity index (χ1v) is 7.43. The molecular formula is C16H20N4O. The highest BCUT2D eigenvalue weighted by atomic mass is 16.2. The van der Waals surface area contributed by atoms with Gasteiger partial charge in [0.1, 0.15) is 5.82 Å². The molecule has 1 aromatic carbocycles. The SMILES string of the molecule is CC(C)c1ccc(CNC(=O)c2n[nH]c(C3CC3)n2)cc1. The molecular weight excluding hydrogens is 264 g/mol. The molecule has 0 saturated heterocycles. The van der Waals surface area contributed by atoms with E-state index in [2.05, 4.69) is 46.5 Å². The fourth-order valence-electron chi connectivity index (χ4n) is 2.20. The summed E-state index contributed by atoms with van der Waals surface area (Å²) in [6, 6.07) is 8.29. The first kappa shape index (κ1) is 13.8. The van der Waals surface area contributed by atoms with Crippen LogP contribution in [-0.2, 0) is 6.54 Å².